The van der Waals surface area contributed by atoms with Crippen LogP contribution in [0.2, 0.25) is 0 Å². The predicted octanol–water partition coefficient (Wildman–Crippen LogP) is 2.05. The molecule has 0 aliphatic carbocycles. The Bertz CT molecular complexity index is 1060. The Morgan fingerprint density at radius 3 is 2.19 bits per heavy atom. The Kier molecular flexibility index (Phi) is 4.63. The van der Waals surface area contributed by atoms with Gasteiger partial charge in [0.05, 0.1) is 20.8 Å². The third kappa shape index (κ3) is 3.17. The number of carboxylic acid groups (broad SMARTS) is 1. The summed E-state index contributed by atoms with van der Waals surface area (Å²) in [6.07, 6.45) is 0. The van der Waals surface area contributed by atoms with Crippen molar-refractivity contribution in [2.45, 2.75) is 16.7 Å². The maximum Gasteiger partial charge on any atom is 0.339 e. The van der Waals surface area contributed by atoms with Crippen molar-refractivity contribution in [1.29, 1.82) is 0 Å². The van der Waals surface area contributed by atoms with E-state index in [1.165, 1.54) is 6.92 Å². The molecule has 136 valence electrons. The molecule has 0 amide bonds. The van der Waals surface area contributed by atoms with Crippen LogP contribution in [-0.4, -0.2) is 34.4 Å². The van der Waals surface area contributed by atoms with Crippen LogP contribution in [0.3, 0.4) is 0 Å². The van der Waals surface area contributed by atoms with Gasteiger partial charge in [-0.25, -0.2) is 13.2 Å². The molecule has 0 fully saturated rings. The summed E-state index contributed by atoms with van der Waals surface area (Å²) in [5.74, 6) is -2.24. The molecule has 0 bridgehead atoms. The molecule has 2 aromatic carbocycles. The van der Waals surface area contributed by atoms with Gasteiger partial charge in [-0.1, -0.05) is 0 Å². The first-order valence-electron chi connectivity index (χ1n) is 6.71. The molecule has 12 heteroatoms. The topological polar surface area (TPSA) is 178 Å². The second-order valence-corrected chi connectivity index (χ2v) is 7.03. The summed E-state index contributed by atoms with van der Waals surface area (Å²) in [7, 11) is -4.59. The molecular weight excluding hydrogens is 372 g/mol. The number of hydrogen-bond donors (Lipinski definition) is 2. The Labute approximate surface area is 145 Å². The quantitative estimate of drug-likeness (QED) is 0.578. The Hall–Kier alpha value is -3.54. The third-order valence-electron chi connectivity index (χ3n) is 3.45. The number of rotatable bonds is 5. The Morgan fingerprint density at radius 2 is 1.69 bits per heavy atom. The number of hydrogen-bond acceptors (Lipinski definition) is 8. The highest BCUT2D eigenvalue weighted by atomic mass is 32.2. The molecule has 0 atom stereocenters. The third-order valence-corrected chi connectivity index (χ3v) is 5.23. The van der Waals surface area contributed by atoms with Crippen LogP contribution in [0.25, 0.3) is 0 Å². The fourth-order valence-electron chi connectivity index (χ4n) is 2.18. The minimum absolute atomic E-state index is 0.0759. The summed E-state index contributed by atoms with van der Waals surface area (Å²) < 4.78 is 25.5. The van der Waals surface area contributed by atoms with Crippen molar-refractivity contribution in [2.75, 3.05) is 0 Å². The zero-order chi connectivity index (χ0) is 19.8. The van der Waals surface area contributed by atoms with Crippen LogP contribution in [0.4, 0.5) is 11.4 Å². The number of carbonyl (C=O) groups is 1. The lowest BCUT2D eigenvalue weighted by Crippen LogP contribution is -2.09. The number of nitro groups is 2. The number of sulfone groups is 1. The van der Waals surface area contributed by atoms with E-state index >= 15 is 0 Å². The van der Waals surface area contributed by atoms with E-state index in [0.717, 1.165) is 12.1 Å². The average Bonchev–Trinajstić information content (AvgIpc) is 2.55. The first kappa shape index (κ1) is 18.8. The molecule has 2 rings (SSSR count). The van der Waals surface area contributed by atoms with Crippen molar-refractivity contribution in [3.8, 4) is 5.75 Å². The SMILES string of the molecule is Cc1cc(S(=O)(=O)c2ccc([N+](=O)[O-])cc2[N+](=O)[O-])cc(C(=O)O)c1O. The summed E-state index contributed by atoms with van der Waals surface area (Å²) in [5, 5.41) is 40.7. The van der Waals surface area contributed by atoms with Crippen LogP contribution >= 0.6 is 0 Å². The van der Waals surface area contributed by atoms with Crippen LogP contribution in [0.1, 0.15) is 15.9 Å². The van der Waals surface area contributed by atoms with E-state index in [1.54, 1.807) is 0 Å². The maximum atomic E-state index is 12.7. The van der Waals surface area contributed by atoms with Crippen molar-refractivity contribution in [3.05, 3.63) is 61.7 Å². The zero-order valence-electron chi connectivity index (χ0n) is 12.9. The molecule has 26 heavy (non-hydrogen) atoms. The molecule has 0 saturated heterocycles. The number of benzene rings is 2. The molecule has 0 unspecified atom stereocenters. The number of aromatic carboxylic acids is 1. The molecule has 11 nitrogen and oxygen atoms in total. The van der Waals surface area contributed by atoms with Gasteiger partial charge in [-0.05, 0) is 30.7 Å². The molecule has 2 N–H and O–H groups in total. The average molecular weight is 382 g/mol. The van der Waals surface area contributed by atoms with Gasteiger partial charge in [0, 0.05) is 6.07 Å². The lowest BCUT2D eigenvalue weighted by atomic mass is 10.1. The van der Waals surface area contributed by atoms with E-state index in [2.05, 4.69) is 0 Å². The summed E-state index contributed by atoms with van der Waals surface area (Å²) in [4.78, 5) is 29.6. The molecule has 0 spiro atoms. The number of non-ortho nitro benzene ring substituents is 1. The van der Waals surface area contributed by atoms with Gasteiger partial charge in [0.2, 0.25) is 9.84 Å². The largest absolute Gasteiger partial charge is 0.507 e. The predicted molar refractivity (Wildman–Crippen MR) is 85.0 cm³/mol. The molecule has 0 radical (unpaired) electrons. The fraction of sp³-hybridized carbons (Fsp3) is 0.0714. The van der Waals surface area contributed by atoms with Crippen LogP contribution in [-0.2, 0) is 9.84 Å². The van der Waals surface area contributed by atoms with E-state index in [9.17, 15) is 38.5 Å². The monoisotopic (exact) mass is 382 g/mol. The number of phenols is 1. The standard InChI is InChI=1S/C14H10N2O9S/c1-7-4-9(6-10(13(7)17)14(18)19)26(24,25)12-3-2-8(15(20)21)5-11(12)16(22)23/h2-6,17H,1H3,(H,18,19). The maximum absolute atomic E-state index is 12.7. The molecule has 0 aliphatic rings. The smallest absolute Gasteiger partial charge is 0.339 e. The van der Waals surface area contributed by atoms with Gasteiger partial charge in [-0.15, -0.1) is 0 Å². The second-order valence-electron chi connectivity index (χ2n) is 5.11. The molecule has 2 aromatic rings. The number of aryl methyl sites for hydroxylation is 1. The van der Waals surface area contributed by atoms with Crippen molar-refractivity contribution in [1.82, 2.24) is 0 Å². The van der Waals surface area contributed by atoms with Crippen LogP contribution < -0.4 is 0 Å². The first-order chi connectivity index (χ1) is 12.0. The number of nitrogens with zero attached hydrogens (tertiary/aromatic N) is 2. The van der Waals surface area contributed by atoms with Gasteiger partial charge in [0.15, 0.2) is 0 Å². The molecular formula is C14H10N2O9S. The van der Waals surface area contributed by atoms with Crippen molar-refractivity contribution < 1.29 is 33.3 Å². The van der Waals surface area contributed by atoms with E-state index in [1.807, 2.05) is 0 Å². The van der Waals surface area contributed by atoms with E-state index in [-0.39, 0.29) is 5.56 Å². The lowest BCUT2D eigenvalue weighted by Gasteiger charge is -2.09. The normalized spacial score (nSPS) is 11.1. The molecule has 0 saturated carbocycles. The van der Waals surface area contributed by atoms with Gasteiger partial charge in [0.25, 0.3) is 11.4 Å². The highest BCUT2D eigenvalue weighted by Crippen LogP contribution is 2.35. The van der Waals surface area contributed by atoms with Crippen LogP contribution in [0, 0.1) is 27.2 Å². The summed E-state index contributed by atoms with van der Waals surface area (Å²) in [5.41, 5.74) is -2.48. The summed E-state index contributed by atoms with van der Waals surface area (Å²) >= 11 is 0. The van der Waals surface area contributed by atoms with E-state index < -0.39 is 58.1 Å². The molecule has 0 aliphatic heterocycles. The molecule has 0 heterocycles. The van der Waals surface area contributed by atoms with Crippen molar-refractivity contribution in [2.24, 2.45) is 0 Å². The van der Waals surface area contributed by atoms with E-state index in [4.69, 9.17) is 5.11 Å². The zero-order valence-corrected chi connectivity index (χ0v) is 13.8. The second kappa shape index (κ2) is 6.40. The van der Waals surface area contributed by atoms with Gasteiger partial charge in [0.1, 0.15) is 16.2 Å². The van der Waals surface area contributed by atoms with Crippen molar-refractivity contribution >= 4 is 27.2 Å². The van der Waals surface area contributed by atoms with Gasteiger partial charge in [-0.3, -0.25) is 20.2 Å². The van der Waals surface area contributed by atoms with Crippen LogP contribution in [0.5, 0.6) is 5.75 Å². The van der Waals surface area contributed by atoms with E-state index in [0.29, 0.717) is 18.2 Å². The van der Waals surface area contributed by atoms with Crippen LogP contribution in [0.15, 0.2) is 40.1 Å². The summed E-state index contributed by atoms with van der Waals surface area (Å²) in [6, 6.07) is 3.59. The Morgan fingerprint density at radius 1 is 1.08 bits per heavy atom. The minimum Gasteiger partial charge on any atom is -0.507 e. The summed E-state index contributed by atoms with van der Waals surface area (Å²) in [6.45, 7) is 1.26. The lowest BCUT2D eigenvalue weighted by molar-refractivity contribution is -0.396. The Balaban J connectivity index is 2.78. The first-order valence-corrected chi connectivity index (χ1v) is 8.20. The number of nitro benzene ring substituents is 2. The minimum atomic E-state index is -4.59. The fourth-order valence-corrected chi connectivity index (χ4v) is 3.70. The number of aromatic hydroxyl groups is 1. The van der Waals surface area contributed by atoms with Crippen molar-refractivity contribution in [3.63, 3.8) is 0 Å². The van der Waals surface area contributed by atoms with Gasteiger partial charge >= 0.3 is 5.97 Å². The molecule has 0 aromatic heterocycles. The van der Waals surface area contributed by atoms with Gasteiger partial charge < -0.3 is 10.2 Å². The van der Waals surface area contributed by atoms with Gasteiger partial charge in [-0.2, -0.15) is 0 Å². The number of carboxylic acids is 1. The highest BCUT2D eigenvalue weighted by Gasteiger charge is 2.31. The highest BCUT2D eigenvalue weighted by molar-refractivity contribution is 7.91.